The molecule has 8 nitrogen and oxygen atoms in total. The zero-order valence-corrected chi connectivity index (χ0v) is 17.7. The van der Waals surface area contributed by atoms with Gasteiger partial charge in [0.05, 0.1) is 22.7 Å². The van der Waals surface area contributed by atoms with E-state index in [-0.39, 0.29) is 17.2 Å². The van der Waals surface area contributed by atoms with Gasteiger partial charge in [0.15, 0.2) is 5.16 Å². The van der Waals surface area contributed by atoms with Gasteiger partial charge < -0.3 is 5.32 Å². The lowest BCUT2D eigenvalue weighted by Gasteiger charge is -2.21. The molecular weight excluding hydrogens is 400 g/mol. The highest BCUT2D eigenvalue weighted by Crippen LogP contribution is 2.29. The molecule has 9 heteroatoms. The molecule has 1 N–H and O–H groups in total. The molecule has 1 aliphatic carbocycles. The van der Waals surface area contributed by atoms with Crippen LogP contribution in [0, 0.1) is 11.3 Å². The minimum atomic E-state index is -0.738. The highest BCUT2D eigenvalue weighted by Gasteiger charge is 2.35. The molecule has 0 bridgehead atoms. The van der Waals surface area contributed by atoms with Gasteiger partial charge in [-0.1, -0.05) is 37.2 Å². The molecule has 0 aliphatic heterocycles. The number of nitriles is 1. The third-order valence-electron chi connectivity index (χ3n) is 5.60. The Morgan fingerprint density at radius 1 is 1.30 bits per heavy atom. The van der Waals surface area contributed by atoms with E-state index < -0.39 is 5.54 Å². The van der Waals surface area contributed by atoms with Gasteiger partial charge in [0.25, 0.3) is 5.56 Å². The van der Waals surface area contributed by atoms with Crippen LogP contribution in [0.5, 0.6) is 0 Å². The standard InChI is InChI=1S/C21H24N6O2S/c1-2-3-12-26-18(29)15-8-4-5-9-16(15)27-19(26)24-25-20(27)30-13-17(28)23-21(14-22)10-6-7-11-21/h4-5,8-9H,2-3,6-7,10-13H2,1H3,(H,23,28). The van der Waals surface area contributed by atoms with Gasteiger partial charge in [-0.05, 0) is 44.2 Å². The number of thioether (sulfide) groups is 1. The number of amides is 1. The Morgan fingerprint density at radius 3 is 2.80 bits per heavy atom. The summed E-state index contributed by atoms with van der Waals surface area (Å²) in [5.41, 5.74) is -0.0920. The first-order valence-electron chi connectivity index (χ1n) is 10.3. The monoisotopic (exact) mass is 424 g/mol. The lowest BCUT2D eigenvalue weighted by molar-refractivity contribution is -0.119. The average Bonchev–Trinajstić information content (AvgIpc) is 3.40. The number of para-hydroxylation sites is 1. The van der Waals surface area contributed by atoms with Crippen molar-refractivity contribution in [3.8, 4) is 6.07 Å². The Bertz CT molecular complexity index is 1190. The fourth-order valence-electron chi connectivity index (χ4n) is 4.02. The summed E-state index contributed by atoms with van der Waals surface area (Å²) in [5.74, 6) is 0.426. The second-order valence-corrected chi connectivity index (χ2v) is 8.63. The zero-order valence-electron chi connectivity index (χ0n) is 16.9. The van der Waals surface area contributed by atoms with Gasteiger partial charge >= 0.3 is 0 Å². The number of nitrogens with zero attached hydrogens (tertiary/aromatic N) is 5. The number of unbranched alkanes of at least 4 members (excludes halogenated alkanes) is 1. The largest absolute Gasteiger partial charge is 0.337 e. The van der Waals surface area contributed by atoms with Crippen molar-refractivity contribution < 1.29 is 4.79 Å². The summed E-state index contributed by atoms with van der Waals surface area (Å²) >= 11 is 1.26. The summed E-state index contributed by atoms with van der Waals surface area (Å²) in [6.07, 6.45) is 5.13. The Morgan fingerprint density at radius 2 is 2.07 bits per heavy atom. The van der Waals surface area contributed by atoms with Crippen molar-refractivity contribution in [1.82, 2.24) is 24.5 Å². The van der Waals surface area contributed by atoms with E-state index in [0.717, 1.165) is 31.2 Å². The fraction of sp³-hybridized carbons (Fsp3) is 0.476. The SMILES string of the molecule is CCCCn1c(=O)c2ccccc2n2c(SCC(=O)NC3(C#N)CCCC3)nnc12. The van der Waals surface area contributed by atoms with Gasteiger partial charge in [-0.3, -0.25) is 18.6 Å². The second-order valence-electron chi connectivity index (χ2n) is 7.68. The first-order valence-corrected chi connectivity index (χ1v) is 11.3. The minimum Gasteiger partial charge on any atom is -0.337 e. The quantitative estimate of drug-likeness (QED) is 0.585. The topological polar surface area (TPSA) is 105 Å². The van der Waals surface area contributed by atoms with Crippen LogP contribution in [-0.2, 0) is 11.3 Å². The molecule has 1 aromatic carbocycles. The van der Waals surface area contributed by atoms with E-state index >= 15 is 0 Å². The second kappa shape index (κ2) is 8.48. The van der Waals surface area contributed by atoms with Crippen LogP contribution in [0.4, 0.5) is 0 Å². The van der Waals surface area contributed by atoms with E-state index in [1.165, 1.54) is 11.8 Å². The van der Waals surface area contributed by atoms with Crippen LogP contribution in [0.25, 0.3) is 16.7 Å². The Hall–Kier alpha value is -2.86. The summed E-state index contributed by atoms with van der Waals surface area (Å²) in [6.45, 7) is 2.64. The molecule has 3 aromatic rings. The Labute approximate surface area is 178 Å². The van der Waals surface area contributed by atoms with E-state index in [0.29, 0.717) is 35.7 Å². The number of carbonyl (C=O) groups is 1. The van der Waals surface area contributed by atoms with Crippen LogP contribution in [0.1, 0.15) is 45.4 Å². The van der Waals surface area contributed by atoms with Crippen LogP contribution >= 0.6 is 11.8 Å². The molecule has 0 unspecified atom stereocenters. The maximum atomic E-state index is 13.0. The van der Waals surface area contributed by atoms with Crippen LogP contribution < -0.4 is 10.9 Å². The van der Waals surface area contributed by atoms with E-state index in [2.05, 4.69) is 28.5 Å². The van der Waals surface area contributed by atoms with Gasteiger partial charge in [-0.2, -0.15) is 5.26 Å². The molecule has 2 heterocycles. The zero-order chi connectivity index (χ0) is 21.1. The molecule has 2 aromatic heterocycles. The number of aryl methyl sites for hydroxylation is 1. The average molecular weight is 425 g/mol. The molecule has 30 heavy (non-hydrogen) atoms. The molecule has 0 radical (unpaired) electrons. The van der Waals surface area contributed by atoms with Gasteiger partial charge in [-0.25, -0.2) is 0 Å². The van der Waals surface area contributed by atoms with Crippen molar-refractivity contribution in [2.45, 2.75) is 62.7 Å². The third-order valence-corrected chi connectivity index (χ3v) is 6.52. The molecule has 0 atom stereocenters. The first kappa shape index (κ1) is 20.4. The van der Waals surface area contributed by atoms with E-state index in [4.69, 9.17) is 0 Å². The van der Waals surface area contributed by atoms with Gasteiger partial charge in [-0.15, -0.1) is 10.2 Å². The summed E-state index contributed by atoms with van der Waals surface area (Å²) in [7, 11) is 0. The number of carbonyl (C=O) groups excluding carboxylic acids is 1. The van der Waals surface area contributed by atoms with Crippen molar-refractivity contribution in [2.75, 3.05) is 5.75 Å². The Balaban J connectivity index is 1.65. The van der Waals surface area contributed by atoms with Gasteiger partial charge in [0.2, 0.25) is 11.7 Å². The highest BCUT2D eigenvalue weighted by molar-refractivity contribution is 7.99. The normalized spacial score (nSPS) is 15.5. The predicted molar refractivity (Wildman–Crippen MR) is 115 cm³/mol. The van der Waals surface area contributed by atoms with Crippen LogP contribution in [0.2, 0.25) is 0 Å². The molecule has 0 spiro atoms. The maximum Gasteiger partial charge on any atom is 0.262 e. The molecule has 0 saturated heterocycles. The van der Waals surface area contributed by atoms with Crippen LogP contribution in [0.15, 0.2) is 34.2 Å². The van der Waals surface area contributed by atoms with Crippen molar-refractivity contribution >= 4 is 34.3 Å². The fourth-order valence-corrected chi connectivity index (χ4v) is 4.76. The summed E-state index contributed by atoms with van der Waals surface area (Å²) in [4.78, 5) is 25.5. The molecule has 156 valence electrons. The molecule has 4 rings (SSSR count). The van der Waals surface area contributed by atoms with Crippen LogP contribution in [-0.4, -0.2) is 36.4 Å². The number of benzene rings is 1. The van der Waals surface area contributed by atoms with Crippen molar-refractivity contribution in [3.63, 3.8) is 0 Å². The highest BCUT2D eigenvalue weighted by atomic mass is 32.2. The van der Waals surface area contributed by atoms with Crippen molar-refractivity contribution in [1.29, 1.82) is 5.26 Å². The maximum absolute atomic E-state index is 13.0. The lowest BCUT2D eigenvalue weighted by Crippen LogP contribution is -2.45. The minimum absolute atomic E-state index is 0.0783. The third kappa shape index (κ3) is 3.67. The summed E-state index contributed by atoms with van der Waals surface area (Å²) in [5, 5.41) is 22.1. The number of nitrogens with one attached hydrogen (secondary N) is 1. The molecule has 1 fully saturated rings. The van der Waals surface area contributed by atoms with E-state index in [9.17, 15) is 14.9 Å². The molecule has 1 aliphatic rings. The van der Waals surface area contributed by atoms with Gasteiger partial charge in [0, 0.05) is 6.54 Å². The summed E-state index contributed by atoms with van der Waals surface area (Å²) in [6, 6.07) is 9.66. The van der Waals surface area contributed by atoms with Crippen LogP contribution in [0.3, 0.4) is 0 Å². The Kier molecular flexibility index (Phi) is 5.77. The number of hydrogen-bond donors (Lipinski definition) is 1. The van der Waals surface area contributed by atoms with E-state index in [1.54, 1.807) is 10.6 Å². The molecule has 1 amide bonds. The molecular formula is C21H24N6O2S. The van der Waals surface area contributed by atoms with Crippen molar-refractivity contribution in [3.05, 3.63) is 34.6 Å². The lowest BCUT2D eigenvalue weighted by atomic mass is 10.0. The number of hydrogen-bond acceptors (Lipinski definition) is 6. The number of fused-ring (bicyclic) bond motifs is 3. The van der Waals surface area contributed by atoms with Crippen molar-refractivity contribution in [2.24, 2.45) is 0 Å². The smallest absolute Gasteiger partial charge is 0.262 e. The molecule has 1 saturated carbocycles. The van der Waals surface area contributed by atoms with E-state index in [1.807, 2.05) is 22.6 Å². The summed E-state index contributed by atoms with van der Waals surface area (Å²) < 4.78 is 3.51. The number of rotatable bonds is 7. The predicted octanol–water partition coefficient (Wildman–Crippen LogP) is 2.89. The first-order chi connectivity index (χ1) is 14.6. The number of aromatic nitrogens is 4. The van der Waals surface area contributed by atoms with Gasteiger partial charge in [0.1, 0.15) is 5.54 Å².